The SMILES string of the molecule is CCc1cccc(Oc2ccc(N)c(C(NC(=O)O)C(C)(C)C)c2)c1. The predicted molar refractivity (Wildman–Crippen MR) is 100 cm³/mol. The lowest BCUT2D eigenvalue weighted by atomic mass is 9.81. The van der Waals surface area contributed by atoms with Crippen molar-refractivity contribution >= 4 is 11.8 Å². The Bertz CT molecular complexity index is 751. The minimum atomic E-state index is -1.08. The van der Waals surface area contributed by atoms with Crippen molar-refractivity contribution in [3.8, 4) is 11.5 Å². The van der Waals surface area contributed by atoms with Gasteiger partial charge in [-0.3, -0.25) is 0 Å². The lowest BCUT2D eigenvalue weighted by molar-refractivity contribution is 0.175. The van der Waals surface area contributed by atoms with E-state index in [1.54, 1.807) is 18.2 Å². The first-order valence-electron chi connectivity index (χ1n) is 8.36. The van der Waals surface area contributed by atoms with E-state index in [9.17, 15) is 9.90 Å². The van der Waals surface area contributed by atoms with Crippen LogP contribution in [0.15, 0.2) is 42.5 Å². The van der Waals surface area contributed by atoms with Crippen molar-refractivity contribution in [2.24, 2.45) is 5.41 Å². The van der Waals surface area contributed by atoms with Gasteiger partial charge in [0.2, 0.25) is 0 Å². The van der Waals surface area contributed by atoms with Crippen LogP contribution in [0.2, 0.25) is 0 Å². The molecular formula is C20H26N2O3. The van der Waals surface area contributed by atoms with Crippen molar-refractivity contribution < 1.29 is 14.6 Å². The molecule has 0 spiro atoms. The standard InChI is InChI=1S/C20H26N2O3/c1-5-13-7-6-8-14(11-13)25-15-9-10-17(21)16(12-15)18(20(2,3)4)22-19(23)24/h6-12,18,22H,5,21H2,1-4H3,(H,23,24). The zero-order valence-electron chi connectivity index (χ0n) is 15.2. The van der Waals surface area contributed by atoms with Crippen LogP contribution >= 0.6 is 0 Å². The van der Waals surface area contributed by atoms with Crippen LogP contribution in [-0.4, -0.2) is 11.2 Å². The first-order chi connectivity index (χ1) is 11.7. The Morgan fingerprint density at radius 3 is 2.48 bits per heavy atom. The molecule has 0 radical (unpaired) electrons. The number of carbonyl (C=O) groups is 1. The Labute approximate surface area is 148 Å². The summed E-state index contributed by atoms with van der Waals surface area (Å²) < 4.78 is 5.95. The average Bonchev–Trinajstić information content (AvgIpc) is 2.54. The van der Waals surface area contributed by atoms with Crippen LogP contribution in [0.1, 0.15) is 44.9 Å². The van der Waals surface area contributed by atoms with Crippen molar-refractivity contribution in [3.05, 3.63) is 53.6 Å². The molecule has 25 heavy (non-hydrogen) atoms. The van der Waals surface area contributed by atoms with Crippen molar-refractivity contribution in [2.75, 3.05) is 5.73 Å². The summed E-state index contributed by atoms with van der Waals surface area (Å²) in [6.45, 7) is 7.98. The zero-order valence-corrected chi connectivity index (χ0v) is 15.2. The third kappa shape index (κ3) is 4.89. The number of benzene rings is 2. The molecule has 0 aliphatic heterocycles. The highest BCUT2D eigenvalue weighted by Gasteiger charge is 2.29. The minimum absolute atomic E-state index is 0.340. The average molecular weight is 342 g/mol. The third-order valence-corrected chi connectivity index (χ3v) is 4.05. The van der Waals surface area contributed by atoms with E-state index < -0.39 is 12.1 Å². The van der Waals surface area contributed by atoms with Crippen molar-refractivity contribution in [3.63, 3.8) is 0 Å². The summed E-state index contributed by atoms with van der Waals surface area (Å²) in [7, 11) is 0. The topological polar surface area (TPSA) is 84.6 Å². The molecule has 0 saturated heterocycles. The highest BCUT2D eigenvalue weighted by molar-refractivity contribution is 5.66. The zero-order chi connectivity index (χ0) is 18.6. The molecule has 5 nitrogen and oxygen atoms in total. The summed E-state index contributed by atoms with van der Waals surface area (Å²) in [6.07, 6.45) is -0.153. The fraction of sp³-hybridized carbons (Fsp3) is 0.350. The minimum Gasteiger partial charge on any atom is -0.465 e. The summed E-state index contributed by atoms with van der Waals surface area (Å²) >= 11 is 0. The van der Waals surface area contributed by atoms with E-state index in [-0.39, 0.29) is 5.41 Å². The Hall–Kier alpha value is -2.69. The molecule has 2 aromatic rings. The van der Waals surface area contributed by atoms with Crippen LogP contribution < -0.4 is 15.8 Å². The number of carboxylic acid groups (broad SMARTS) is 1. The Morgan fingerprint density at radius 2 is 1.88 bits per heavy atom. The van der Waals surface area contributed by atoms with Gasteiger partial charge in [0.1, 0.15) is 11.5 Å². The fourth-order valence-electron chi connectivity index (χ4n) is 2.72. The smallest absolute Gasteiger partial charge is 0.405 e. The molecular weight excluding hydrogens is 316 g/mol. The van der Waals surface area contributed by atoms with Crippen LogP contribution in [0.5, 0.6) is 11.5 Å². The van der Waals surface area contributed by atoms with Gasteiger partial charge in [-0.1, -0.05) is 39.8 Å². The molecule has 0 fully saturated rings. The molecule has 134 valence electrons. The molecule has 0 bridgehead atoms. The van der Waals surface area contributed by atoms with Gasteiger partial charge in [-0.15, -0.1) is 0 Å². The van der Waals surface area contributed by atoms with Crippen LogP contribution in [0.4, 0.5) is 10.5 Å². The fourth-order valence-corrected chi connectivity index (χ4v) is 2.72. The number of rotatable bonds is 5. The van der Waals surface area contributed by atoms with Gasteiger partial charge in [0, 0.05) is 11.3 Å². The summed E-state index contributed by atoms with van der Waals surface area (Å²) in [5.41, 5.74) is 8.20. The number of ether oxygens (including phenoxy) is 1. The van der Waals surface area contributed by atoms with Crippen molar-refractivity contribution in [1.29, 1.82) is 0 Å². The van der Waals surface area contributed by atoms with E-state index in [2.05, 4.69) is 12.2 Å². The molecule has 0 saturated carbocycles. The second-order valence-corrected chi connectivity index (χ2v) is 7.14. The maximum Gasteiger partial charge on any atom is 0.405 e. The summed E-state index contributed by atoms with van der Waals surface area (Å²) in [5, 5.41) is 11.7. The number of aryl methyl sites for hydroxylation is 1. The first kappa shape index (κ1) is 18.6. The second kappa shape index (κ2) is 7.47. The van der Waals surface area contributed by atoms with Crippen LogP contribution in [0.3, 0.4) is 0 Å². The van der Waals surface area contributed by atoms with Gasteiger partial charge in [0.25, 0.3) is 0 Å². The van der Waals surface area contributed by atoms with Gasteiger partial charge in [0.05, 0.1) is 6.04 Å². The second-order valence-electron chi connectivity index (χ2n) is 7.14. The summed E-state index contributed by atoms with van der Waals surface area (Å²) in [6, 6.07) is 12.8. The number of anilines is 1. The largest absolute Gasteiger partial charge is 0.465 e. The number of nitrogens with two attached hydrogens (primary N) is 1. The number of hydrogen-bond acceptors (Lipinski definition) is 3. The van der Waals surface area contributed by atoms with Crippen molar-refractivity contribution in [1.82, 2.24) is 5.32 Å². The quantitative estimate of drug-likeness (QED) is 0.669. The molecule has 0 aliphatic carbocycles. The summed E-state index contributed by atoms with van der Waals surface area (Å²) in [4.78, 5) is 11.2. The number of nitrogens with one attached hydrogen (secondary N) is 1. The van der Waals surface area contributed by atoms with Gasteiger partial charge in [-0.05, 0) is 47.7 Å². The Kier molecular flexibility index (Phi) is 5.57. The molecule has 5 heteroatoms. The van der Waals surface area contributed by atoms with Gasteiger partial charge in [0.15, 0.2) is 0 Å². The van der Waals surface area contributed by atoms with Gasteiger partial charge < -0.3 is 20.9 Å². The lowest BCUT2D eigenvalue weighted by Crippen LogP contribution is -2.36. The highest BCUT2D eigenvalue weighted by Crippen LogP contribution is 2.38. The number of hydrogen-bond donors (Lipinski definition) is 3. The molecule has 4 N–H and O–H groups in total. The molecule has 1 atom stereocenters. The number of nitrogen functional groups attached to an aromatic ring is 1. The van der Waals surface area contributed by atoms with Gasteiger partial charge in [-0.25, -0.2) is 4.79 Å². The summed E-state index contributed by atoms with van der Waals surface area (Å²) in [5.74, 6) is 1.37. The maximum atomic E-state index is 11.2. The van der Waals surface area contributed by atoms with E-state index in [1.807, 2.05) is 45.0 Å². The highest BCUT2D eigenvalue weighted by atomic mass is 16.5. The maximum absolute atomic E-state index is 11.2. The van der Waals surface area contributed by atoms with E-state index in [0.29, 0.717) is 17.0 Å². The van der Waals surface area contributed by atoms with E-state index in [1.165, 1.54) is 5.56 Å². The molecule has 2 rings (SSSR count). The number of amides is 1. The van der Waals surface area contributed by atoms with Gasteiger partial charge in [-0.2, -0.15) is 0 Å². The third-order valence-electron chi connectivity index (χ3n) is 4.05. The molecule has 1 unspecified atom stereocenters. The molecule has 0 aliphatic rings. The van der Waals surface area contributed by atoms with Gasteiger partial charge >= 0.3 is 6.09 Å². The normalized spacial score (nSPS) is 12.5. The van der Waals surface area contributed by atoms with E-state index in [4.69, 9.17) is 10.5 Å². The van der Waals surface area contributed by atoms with E-state index in [0.717, 1.165) is 12.2 Å². The van der Waals surface area contributed by atoms with Crippen molar-refractivity contribution in [2.45, 2.75) is 40.2 Å². The Morgan fingerprint density at radius 1 is 1.20 bits per heavy atom. The Balaban J connectivity index is 2.36. The molecule has 0 aromatic heterocycles. The first-order valence-corrected chi connectivity index (χ1v) is 8.36. The molecule has 0 heterocycles. The monoisotopic (exact) mass is 342 g/mol. The van der Waals surface area contributed by atoms with Crippen LogP contribution in [0, 0.1) is 5.41 Å². The predicted octanol–water partition coefficient (Wildman–Crippen LogP) is 4.98. The van der Waals surface area contributed by atoms with Crippen LogP contribution in [-0.2, 0) is 6.42 Å². The molecule has 2 aromatic carbocycles. The van der Waals surface area contributed by atoms with E-state index >= 15 is 0 Å². The lowest BCUT2D eigenvalue weighted by Gasteiger charge is -2.32. The van der Waals surface area contributed by atoms with Crippen LogP contribution in [0.25, 0.3) is 0 Å². The molecule has 1 amide bonds.